The lowest BCUT2D eigenvalue weighted by Crippen LogP contribution is -1.86. The van der Waals surface area contributed by atoms with Crippen molar-refractivity contribution in [3.8, 4) is 44.9 Å². The zero-order chi connectivity index (χ0) is 17.9. The van der Waals surface area contributed by atoms with Gasteiger partial charge in [0.1, 0.15) is 11.5 Å². The van der Waals surface area contributed by atoms with Gasteiger partial charge in [0.25, 0.3) is 0 Å². The Balaban J connectivity index is 1.75. The smallest absolute Gasteiger partial charge is 0.116 e. The number of rotatable bonds is 3. The van der Waals surface area contributed by atoms with E-state index in [1.807, 2.05) is 48.5 Å². The highest BCUT2D eigenvalue weighted by molar-refractivity contribution is 5.85. The maximum Gasteiger partial charge on any atom is 0.116 e. The van der Waals surface area contributed by atoms with Gasteiger partial charge in [-0.3, -0.25) is 0 Å². The molecule has 26 heavy (non-hydrogen) atoms. The first-order valence-corrected chi connectivity index (χ1v) is 8.49. The molecule has 0 amide bonds. The molecule has 0 spiro atoms. The van der Waals surface area contributed by atoms with Crippen LogP contribution in [0.3, 0.4) is 0 Å². The molecular weight excluding hydrogens is 320 g/mol. The monoisotopic (exact) mass is 338 g/mol. The van der Waals surface area contributed by atoms with E-state index in [4.69, 9.17) is 0 Å². The molecule has 4 rings (SSSR count). The molecule has 0 fully saturated rings. The lowest BCUT2D eigenvalue weighted by molar-refractivity contribution is 0.475. The fourth-order valence-electron chi connectivity index (χ4n) is 3.14. The molecule has 0 atom stereocenters. The number of hydrogen-bond acceptors (Lipinski definition) is 2. The van der Waals surface area contributed by atoms with E-state index in [0.29, 0.717) is 0 Å². The van der Waals surface area contributed by atoms with Crippen LogP contribution in [0.1, 0.15) is 0 Å². The third-order valence-corrected chi connectivity index (χ3v) is 4.48. The molecule has 0 unspecified atom stereocenters. The summed E-state index contributed by atoms with van der Waals surface area (Å²) >= 11 is 0. The zero-order valence-corrected chi connectivity index (χ0v) is 14.1. The van der Waals surface area contributed by atoms with Gasteiger partial charge in [-0.15, -0.1) is 0 Å². The summed E-state index contributed by atoms with van der Waals surface area (Å²) in [6.45, 7) is 0. The number of hydrogen-bond donors (Lipinski definition) is 2. The van der Waals surface area contributed by atoms with E-state index in [1.165, 1.54) is 0 Å². The summed E-state index contributed by atoms with van der Waals surface area (Å²) in [5.41, 5.74) is 6.39. The molecule has 126 valence electrons. The average molecular weight is 338 g/mol. The largest absolute Gasteiger partial charge is 0.508 e. The van der Waals surface area contributed by atoms with Gasteiger partial charge in [-0.2, -0.15) is 0 Å². The molecule has 0 aliphatic carbocycles. The highest BCUT2D eigenvalue weighted by atomic mass is 16.3. The van der Waals surface area contributed by atoms with Gasteiger partial charge in [0, 0.05) is 0 Å². The predicted molar refractivity (Wildman–Crippen MR) is 106 cm³/mol. The van der Waals surface area contributed by atoms with Gasteiger partial charge in [-0.1, -0.05) is 72.8 Å². The van der Waals surface area contributed by atoms with Gasteiger partial charge < -0.3 is 10.2 Å². The van der Waals surface area contributed by atoms with Crippen LogP contribution in [0.5, 0.6) is 11.5 Å². The van der Waals surface area contributed by atoms with Crippen LogP contribution in [0.2, 0.25) is 0 Å². The topological polar surface area (TPSA) is 40.5 Å². The summed E-state index contributed by atoms with van der Waals surface area (Å²) in [6.07, 6.45) is 0. The van der Waals surface area contributed by atoms with E-state index in [1.54, 1.807) is 24.3 Å². The molecule has 0 bridgehead atoms. The maximum absolute atomic E-state index is 9.94. The summed E-state index contributed by atoms with van der Waals surface area (Å²) in [5.74, 6) is 0.523. The van der Waals surface area contributed by atoms with Gasteiger partial charge in [0.2, 0.25) is 0 Å². The lowest BCUT2D eigenvalue weighted by Gasteiger charge is -2.12. The third kappa shape index (κ3) is 3.17. The van der Waals surface area contributed by atoms with E-state index >= 15 is 0 Å². The van der Waals surface area contributed by atoms with Crippen molar-refractivity contribution in [1.82, 2.24) is 0 Å². The molecule has 4 aromatic rings. The molecular formula is C24H18O2. The minimum atomic E-state index is 0.258. The van der Waals surface area contributed by atoms with Crippen LogP contribution < -0.4 is 0 Å². The Morgan fingerprint density at radius 1 is 0.385 bits per heavy atom. The normalized spacial score (nSPS) is 10.6. The highest BCUT2D eigenvalue weighted by Crippen LogP contribution is 2.35. The second kappa shape index (κ2) is 6.77. The van der Waals surface area contributed by atoms with Crippen molar-refractivity contribution in [3.05, 3.63) is 97.1 Å². The summed E-state index contributed by atoms with van der Waals surface area (Å²) < 4.78 is 0. The van der Waals surface area contributed by atoms with Crippen molar-refractivity contribution >= 4 is 0 Å². The van der Waals surface area contributed by atoms with Gasteiger partial charge >= 0.3 is 0 Å². The van der Waals surface area contributed by atoms with Crippen LogP contribution in [0.4, 0.5) is 0 Å². The van der Waals surface area contributed by atoms with Crippen molar-refractivity contribution in [1.29, 1.82) is 0 Å². The predicted octanol–water partition coefficient (Wildman–Crippen LogP) is 6.10. The Labute approximate surface area is 152 Å². The van der Waals surface area contributed by atoms with E-state index in [0.717, 1.165) is 33.4 Å². The summed E-state index contributed by atoms with van der Waals surface area (Å²) in [4.78, 5) is 0. The van der Waals surface area contributed by atoms with Gasteiger partial charge in [-0.05, 0) is 57.6 Å². The molecule has 2 nitrogen and oxygen atoms in total. The SMILES string of the molecule is Oc1ccc(-c2ccc(-c3ccc(O)cc3-c3ccccc3)cc2)cc1. The molecule has 0 aliphatic heterocycles. The first kappa shape index (κ1) is 16.0. The van der Waals surface area contributed by atoms with Crippen LogP contribution >= 0.6 is 0 Å². The number of aromatic hydroxyl groups is 2. The molecule has 0 heterocycles. The lowest BCUT2D eigenvalue weighted by atomic mass is 9.93. The molecule has 0 aliphatic rings. The molecule has 2 heteroatoms. The Bertz CT molecular complexity index is 1020. The third-order valence-electron chi connectivity index (χ3n) is 4.48. The molecule has 0 saturated carbocycles. The van der Waals surface area contributed by atoms with E-state index < -0.39 is 0 Å². The zero-order valence-electron chi connectivity index (χ0n) is 14.1. The standard InChI is InChI=1S/C24H18O2/c25-21-12-10-18(11-13-21)17-6-8-20(9-7-17)23-15-14-22(26)16-24(23)19-4-2-1-3-5-19/h1-16,25-26H. The Hall–Kier alpha value is -3.52. The Morgan fingerprint density at radius 2 is 0.885 bits per heavy atom. The number of phenols is 2. The van der Waals surface area contributed by atoms with Crippen molar-refractivity contribution in [3.63, 3.8) is 0 Å². The minimum Gasteiger partial charge on any atom is -0.508 e. The van der Waals surface area contributed by atoms with Crippen molar-refractivity contribution in [2.24, 2.45) is 0 Å². The van der Waals surface area contributed by atoms with Gasteiger partial charge in [0.15, 0.2) is 0 Å². The van der Waals surface area contributed by atoms with Crippen LogP contribution in [-0.2, 0) is 0 Å². The number of benzene rings is 4. The fraction of sp³-hybridized carbons (Fsp3) is 0. The minimum absolute atomic E-state index is 0.258. The summed E-state index contributed by atoms with van der Waals surface area (Å²) in [7, 11) is 0. The van der Waals surface area contributed by atoms with E-state index in [2.05, 4.69) is 24.3 Å². The van der Waals surface area contributed by atoms with Crippen LogP contribution in [0, 0.1) is 0 Å². The molecule has 4 aromatic carbocycles. The first-order chi connectivity index (χ1) is 12.7. The molecule has 2 N–H and O–H groups in total. The van der Waals surface area contributed by atoms with Gasteiger partial charge in [0.05, 0.1) is 0 Å². The second-order valence-electron chi connectivity index (χ2n) is 6.22. The van der Waals surface area contributed by atoms with Gasteiger partial charge in [-0.25, -0.2) is 0 Å². The molecule has 0 aromatic heterocycles. The number of phenolic OH excluding ortho intramolecular Hbond substituents is 2. The van der Waals surface area contributed by atoms with Crippen LogP contribution in [0.15, 0.2) is 97.1 Å². The quantitative estimate of drug-likeness (QED) is 0.474. The van der Waals surface area contributed by atoms with Crippen LogP contribution in [-0.4, -0.2) is 10.2 Å². The molecule has 0 saturated heterocycles. The summed E-state index contributed by atoms with van der Waals surface area (Å²) in [5, 5.41) is 19.4. The maximum atomic E-state index is 9.94. The van der Waals surface area contributed by atoms with Crippen molar-refractivity contribution in [2.75, 3.05) is 0 Å². The van der Waals surface area contributed by atoms with Crippen molar-refractivity contribution in [2.45, 2.75) is 0 Å². The van der Waals surface area contributed by atoms with Crippen molar-refractivity contribution < 1.29 is 10.2 Å². The van der Waals surface area contributed by atoms with E-state index in [9.17, 15) is 10.2 Å². The summed E-state index contributed by atoms with van der Waals surface area (Å²) in [6, 6.07) is 31.0. The fourth-order valence-corrected chi connectivity index (χ4v) is 3.14. The second-order valence-corrected chi connectivity index (χ2v) is 6.22. The van der Waals surface area contributed by atoms with E-state index in [-0.39, 0.29) is 11.5 Å². The Morgan fingerprint density at radius 3 is 1.54 bits per heavy atom. The average Bonchev–Trinajstić information content (AvgIpc) is 2.69. The highest BCUT2D eigenvalue weighted by Gasteiger charge is 2.09. The first-order valence-electron chi connectivity index (χ1n) is 8.49. The van der Waals surface area contributed by atoms with Crippen LogP contribution in [0.25, 0.3) is 33.4 Å². The molecule has 0 radical (unpaired) electrons. The Kier molecular flexibility index (Phi) is 4.16.